The Bertz CT molecular complexity index is 953. The first kappa shape index (κ1) is 19.1. The summed E-state index contributed by atoms with van der Waals surface area (Å²) in [5.74, 6) is 0.723. The van der Waals surface area contributed by atoms with Gasteiger partial charge in [0.25, 0.3) is 11.8 Å². The van der Waals surface area contributed by atoms with Crippen LogP contribution in [0.2, 0.25) is 0 Å². The lowest BCUT2D eigenvalue weighted by molar-refractivity contribution is -0.142. The zero-order valence-electron chi connectivity index (χ0n) is 17.1. The van der Waals surface area contributed by atoms with Gasteiger partial charge in [-0.1, -0.05) is 36.4 Å². The van der Waals surface area contributed by atoms with Gasteiger partial charge in [-0.25, -0.2) is 0 Å². The van der Waals surface area contributed by atoms with E-state index in [0.29, 0.717) is 37.2 Å². The molecule has 2 aromatic rings. The van der Waals surface area contributed by atoms with Crippen LogP contribution in [-0.4, -0.2) is 53.6 Å². The number of fused-ring (bicyclic) bond motifs is 1. The summed E-state index contributed by atoms with van der Waals surface area (Å²) in [6, 6.07) is 17.5. The van der Waals surface area contributed by atoms with Crippen LogP contribution >= 0.6 is 0 Å². The Morgan fingerprint density at radius 3 is 2.57 bits per heavy atom. The van der Waals surface area contributed by atoms with Gasteiger partial charge in [-0.3, -0.25) is 9.59 Å². The third kappa shape index (κ3) is 3.06. The molecule has 0 aromatic heterocycles. The van der Waals surface area contributed by atoms with Crippen molar-refractivity contribution >= 4 is 11.8 Å². The van der Waals surface area contributed by atoms with Crippen LogP contribution in [0.15, 0.2) is 54.6 Å². The summed E-state index contributed by atoms with van der Waals surface area (Å²) in [6.45, 7) is 1.02. The molecule has 3 saturated heterocycles. The Labute approximate surface area is 176 Å². The van der Waals surface area contributed by atoms with Gasteiger partial charge in [-0.05, 0) is 36.6 Å². The van der Waals surface area contributed by atoms with Crippen LogP contribution in [0, 0.1) is 0 Å². The molecular formula is C24H26N2O4. The van der Waals surface area contributed by atoms with E-state index in [1.165, 1.54) is 5.56 Å². The maximum absolute atomic E-state index is 13.5. The first-order chi connectivity index (χ1) is 14.6. The highest BCUT2D eigenvalue weighted by Crippen LogP contribution is 2.47. The lowest BCUT2D eigenvalue weighted by Crippen LogP contribution is -2.51. The molecule has 156 valence electrons. The number of ether oxygens (including phenoxy) is 2. The highest BCUT2D eigenvalue weighted by Gasteiger charge is 2.58. The van der Waals surface area contributed by atoms with Crippen molar-refractivity contribution < 1.29 is 19.1 Å². The van der Waals surface area contributed by atoms with Crippen LogP contribution in [-0.2, 0) is 9.53 Å². The quantitative estimate of drug-likeness (QED) is 0.784. The van der Waals surface area contributed by atoms with Crippen LogP contribution in [0.5, 0.6) is 5.75 Å². The fourth-order valence-corrected chi connectivity index (χ4v) is 5.06. The summed E-state index contributed by atoms with van der Waals surface area (Å²) in [6.07, 6.45) is 2.71. The molecule has 3 heterocycles. The van der Waals surface area contributed by atoms with Gasteiger partial charge in [0.15, 0.2) is 5.60 Å². The van der Waals surface area contributed by atoms with Crippen molar-refractivity contribution in [2.24, 2.45) is 0 Å². The maximum atomic E-state index is 13.5. The summed E-state index contributed by atoms with van der Waals surface area (Å²) in [4.78, 5) is 30.1. The molecule has 3 aliphatic rings. The molecule has 30 heavy (non-hydrogen) atoms. The molecule has 0 aliphatic carbocycles. The second-order valence-corrected chi connectivity index (χ2v) is 8.31. The molecule has 3 fully saturated rings. The first-order valence-corrected chi connectivity index (χ1v) is 10.6. The van der Waals surface area contributed by atoms with E-state index in [0.717, 1.165) is 12.8 Å². The van der Waals surface area contributed by atoms with Gasteiger partial charge >= 0.3 is 0 Å². The predicted octanol–water partition coefficient (Wildman–Crippen LogP) is 3.39. The molecule has 0 bridgehead atoms. The van der Waals surface area contributed by atoms with Crippen LogP contribution in [0.1, 0.15) is 47.6 Å². The molecule has 2 amide bonds. The summed E-state index contributed by atoms with van der Waals surface area (Å²) in [5, 5.41) is 0. The first-order valence-electron chi connectivity index (χ1n) is 10.6. The Morgan fingerprint density at radius 2 is 1.83 bits per heavy atom. The molecule has 1 spiro atoms. The topological polar surface area (TPSA) is 59.1 Å². The van der Waals surface area contributed by atoms with Gasteiger partial charge in [0.2, 0.25) is 0 Å². The van der Waals surface area contributed by atoms with Gasteiger partial charge < -0.3 is 19.3 Å². The van der Waals surface area contributed by atoms with Gasteiger partial charge in [0, 0.05) is 31.5 Å². The van der Waals surface area contributed by atoms with Crippen molar-refractivity contribution in [1.82, 2.24) is 9.80 Å². The number of carbonyl (C=O) groups excluding carboxylic acids is 2. The van der Waals surface area contributed by atoms with Crippen molar-refractivity contribution in [3.63, 3.8) is 0 Å². The molecule has 6 heteroatoms. The average Bonchev–Trinajstić information content (AvgIpc) is 3.32. The van der Waals surface area contributed by atoms with E-state index in [-0.39, 0.29) is 24.1 Å². The zero-order valence-corrected chi connectivity index (χ0v) is 17.1. The Hall–Kier alpha value is -2.86. The monoisotopic (exact) mass is 406 g/mol. The van der Waals surface area contributed by atoms with Crippen molar-refractivity contribution in [2.45, 2.75) is 43.6 Å². The normalized spacial score (nSPS) is 24.9. The number of likely N-dealkylation sites (tertiary alicyclic amines) is 1. The number of nitrogens with zero attached hydrogens (tertiary/aromatic N) is 2. The molecule has 0 unspecified atom stereocenters. The number of piperidine rings is 1. The number of methoxy groups -OCH3 is 1. The second kappa shape index (κ2) is 7.43. The van der Waals surface area contributed by atoms with Crippen molar-refractivity contribution in [1.29, 1.82) is 0 Å². The number of benzene rings is 2. The fraction of sp³-hybridized carbons (Fsp3) is 0.417. The number of hydrogen-bond donors (Lipinski definition) is 0. The third-order valence-electron chi connectivity index (χ3n) is 6.68. The van der Waals surface area contributed by atoms with Crippen LogP contribution in [0.3, 0.4) is 0 Å². The molecule has 6 nitrogen and oxygen atoms in total. The molecule has 5 rings (SSSR count). The Balaban J connectivity index is 1.29. The SMILES string of the molecule is COc1cccc(C(=O)N2CCC3(CC2)O[C@@H]2CC[C@@H](c4ccccc4)N2C3=O)c1. The Morgan fingerprint density at radius 1 is 1.07 bits per heavy atom. The van der Waals surface area contributed by atoms with E-state index in [1.807, 2.05) is 40.1 Å². The summed E-state index contributed by atoms with van der Waals surface area (Å²) >= 11 is 0. The molecule has 0 saturated carbocycles. The highest BCUT2D eigenvalue weighted by atomic mass is 16.6. The number of rotatable bonds is 3. The Kier molecular flexibility index (Phi) is 4.74. The van der Waals surface area contributed by atoms with E-state index in [2.05, 4.69) is 12.1 Å². The maximum Gasteiger partial charge on any atom is 0.257 e. The molecule has 2 aromatic carbocycles. The highest BCUT2D eigenvalue weighted by molar-refractivity contribution is 5.95. The van der Waals surface area contributed by atoms with E-state index < -0.39 is 5.60 Å². The molecule has 0 radical (unpaired) electrons. The lowest BCUT2D eigenvalue weighted by atomic mass is 9.89. The molecule has 2 atom stereocenters. The van der Waals surface area contributed by atoms with Gasteiger partial charge in [-0.2, -0.15) is 0 Å². The lowest BCUT2D eigenvalue weighted by Gasteiger charge is -2.37. The minimum absolute atomic E-state index is 0.0307. The third-order valence-corrected chi connectivity index (χ3v) is 6.68. The zero-order chi connectivity index (χ0) is 20.7. The summed E-state index contributed by atoms with van der Waals surface area (Å²) < 4.78 is 11.6. The van der Waals surface area contributed by atoms with Crippen LogP contribution < -0.4 is 4.74 Å². The summed E-state index contributed by atoms with van der Waals surface area (Å²) in [5.41, 5.74) is 0.983. The van der Waals surface area contributed by atoms with Gasteiger partial charge in [0.05, 0.1) is 13.2 Å². The fourth-order valence-electron chi connectivity index (χ4n) is 5.06. The minimum atomic E-state index is -0.788. The largest absolute Gasteiger partial charge is 0.497 e. The van der Waals surface area contributed by atoms with Gasteiger partial charge in [0.1, 0.15) is 12.0 Å². The van der Waals surface area contributed by atoms with E-state index in [9.17, 15) is 9.59 Å². The van der Waals surface area contributed by atoms with E-state index in [4.69, 9.17) is 9.47 Å². The van der Waals surface area contributed by atoms with Crippen LogP contribution in [0.4, 0.5) is 0 Å². The van der Waals surface area contributed by atoms with E-state index in [1.54, 1.807) is 19.2 Å². The number of amides is 2. The number of carbonyl (C=O) groups is 2. The number of hydrogen-bond acceptors (Lipinski definition) is 4. The predicted molar refractivity (Wildman–Crippen MR) is 111 cm³/mol. The van der Waals surface area contributed by atoms with E-state index >= 15 is 0 Å². The second-order valence-electron chi connectivity index (χ2n) is 8.31. The summed E-state index contributed by atoms with van der Waals surface area (Å²) in [7, 11) is 1.59. The van der Waals surface area contributed by atoms with Crippen molar-refractivity contribution in [3.05, 3.63) is 65.7 Å². The average molecular weight is 406 g/mol. The molecular weight excluding hydrogens is 380 g/mol. The van der Waals surface area contributed by atoms with Crippen molar-refractivity contribution in [2.75, 3.05) is 20.2 Å². The van der Waals surface area contributed by atoms with Gasteiger partial charge in [-0.15, -0.1) is 0 Å². The minimum Gasteiger partial charge on any atom is -0.497 e. The smallest absolute Gasteiger partial charge is 0.257 e. The standard InChI is InChI=1S/C24H26N2O4/c1-29-19-9-5-8-18(16-19)22(27)25-14-12-24(13-15-25)23(28)26-20(10-11-21(26)30-24)17-6-3-2-4-7-17/h2-9,16,20-21H,10-15H2,1H3/t20-,21+/m0/s1. The van der Waals surface area contributed by atoms with Crippen LogP contribution in [0.25, 0.3) is 0 Å². The molecule has 3 aliphatic heterocycles. The molecule has 0 N–H and O–H groups in total. The van der Waals surface area contributed by atoms with Crippen molar-refractivity contribution in [3.8, 4) is 5.75 Å².